The van der Waals surface area contributed by atoms with Crippen LogP contribution in [0, 0.1) is 0 Å². The van der Waals surface area contributed by atoms with Gasteiger partial charge in [-0.15, -0.1) is 0 Å². The fourth-order valence-corrected chi connectivity index (χ4v) is 5.23. The molecule has 11 heteroatoms. The number of hydrogen-bond acceptors (Lipinski definition) is 9. The summed E-state index contributed by atoms with van der Waals surface area (Å²) in [6, 6.07) is 24.2. The summed E-state index contributed by atoms with van der Waals surface area (Å²) in [5, 5.41) is 0.0109. The molecule has 0 spiro atoms. The molecule has 0 radical (unpaired) electrons. The van der Waals surface area contributed by atoms with E-state index < -0.39 is 11.8 Å². The van der Waals surface area contributed by atoms with Gasteiger partial charge in [0.2, 0.25) is 0 Å². The highest BCUT2D eigenvalue weighted by atomic mass is 32.1. The summed E-state index contributed by atoms with van der Waals surface area (Å²) in [5.41, 5.74) is 2.17. The lowest BCUT2D eigenvalue weighted by Gasteiger charge is -2.36. The molecule has 0 N–H and O–H groups in total. The van der Waals surface area contributed by atoms with Crippen molar-refractivity contribution in [3.8, 4) is 34.5 Å². The molecular formula is C35H32N2O8S. The van der Waals surface area contributed by atoms with Crippen molar-refractivity contribution in [3.63, 3.8) is 0 Å². The molecule has 1 aliphatic rings. The molecule has 10 nitrogen and oxygen atoms in total. The molecule has 4 aromatic rings. The first-order valence-electron chi connectivity index (χ1n) is 14.1. The maximum absolute atomic E-state index is 14.0. The molecule has 5 rings (SSSR count). The van der Waals surface area contributed by atoms with Crippen molar-refractivity contribution < 1.29 is 38.0 Å². The van der Waals surface area contributed by atoms with Gasteiger partial charge in [0.1, 0.15) is 35.2 Å². The normalized spacial score (nSPS) is 13.0. The second kappa shape index (κ2) is 14.0. The molecule has 1 saturated heterocycles. The summed E-state index contributed by atoms with van der Waals surface area (Å²) >= 11 is 5.73. The number of thiocarbonyl (C=S) groups is 1. The Morgan fingerprint density at radius 3 is 1.59 bits per heavy atom. The van der Waals surface area contributed by atoms with E-state index in [4.69, 9.17) is 40.6 Å². The van der Waals surface area contributed by atoms with Crippen molar-refractivity contribution in [3.05, 3.63) is 102 Å². The zero-order valence-electron chi connectivity index (χ0n) is 25.9. The van der Waals surface area contributed by atoms with E-state index in [1.807, 2.05) is 6.07 Å². The van der Waals surface area contributed by atoms with Crippen LogP contribution in [0.2, 0.25) is 0 Å². The monoisotopic (exact) mass is 640 g/mol. The van der Waals surface area contributed by atoms with Crippen LogP contribution in [0.25, 0.3) is 6.08 Å². The minimum absolute atomic E-state index is 0.0109. The molecule has 1 fully saturated rings. The van der Waals surface area contributed by atoms with E-state index in [0.29, 0.717) is 51.4 Å². The topological polar surface area (TPSA) is 96.0 Å². The first-order chi connectivity index (χ1) is 22.3. The lowest BCUT2D eigenvalue weighted by atomic mass is 10.0. The van der Waals surface area contributed by atoms with Crippen LogP contribution in [0.5, 0.6) is 34.5 Å². The number of methoxy groups -OCH3 is 5. The Morgan fingerprint density at radius 2 is 1.09 bits per heavy atom. The van der Waals surface area contributed by atoms with Crippen LogP contribution in [-0.4, -0.2) is 52.5 Å². The third-order valence-corrected chi connectivity index (χ3v) is 7.65. The standard InChI is InChI=1S/C35H32N2O8S/c1-40-26-11-7-24(8-12-26)36-33(38)29(34(39)37(35(36)46)25-9-13-27(41-2)14-10-25)18-22-6-16-31(32(19-22)44-5)45-21-23-20-28(42-3)15-17-30(23)43-4/h6-20H,21H2,1-5H3. The molecule has 4 aromatic carbocycles. The molecule has 1 aliphatic heterocycles. The fraction of sp³-hybridized carbons (Fsp3) is 0.171. The molecule has 0 aliphatic carbocycles. The summed E-state index contributed by atoms with van der Waals surface area (Å²) in [6.07, 6.45) is 1.51. The molecule has 0 unspecified atom stereocenters. The van der Waals surface area contributed by atoms with Crippen molar-refractivity contribution in [2.75, 3.05) is 45.3 Å². The summed E-state index contributed by atoms with van der Waals surface area (Å²) in [7, 11) is 7.79. The van der Waals surface area contributed by atoms with E-state index in [1.165, 1.54) is 23.0 Å². The maximum Gasteiger partial charge on any atom is 0.270 e. The van der Waals surface area contributed by atoms with Crippen molar-refractivity contribution in [1.29, 1.82) is 0 Å². The Bertz CT molecular complexity index is 1720. The van der Waals surface area contributed by atoms with Crippen molar-refractivity contribution in [2.45, 2.75) is 6.61 Å². The third kappa shape index (κ3) is 6.45. The highest BCUT2D eigenvalue weighted by Gasteiger charge is 2.41. The number of amides is 2. The summed E-state index contributed by atoms with van der Waals surface area (Å²) < 4.78 is 33.0. The minimum Gasteiger partial charge on any atom is -0.497 e. The second-order valence-corrected chi connectivity index (χ2v) is 10.3. The highest BCUT2D eigenvalue weighted by Crippen LogP contribution is 2.34. The fourth-order valence-electron chi connectivity index (χ4n) is 4.86. The van der Waals surface area contributed by atoms with E-state index in [1.54, 1.807) is 107 Å². The van der Waals surface area contributed by atoms with Gasteiger partial charge in [-0.05, 0) is 103 Å². The Labute approximate surface area is 272 Å². The van der Waals surface area contributed by atoms with Gasteiger partial charge in [0, 0.05) is 5.56 Å². The molecule has 0 aromatic heterocycles. The van der Waals surface area contributed by atoms with Crippen molar-refractivity contribution in [1.82, 2.24) is 0 Å². The van der Waals surface area contributed by atoms with Gasteiger partial charge < -0.3 is 28.4 Å². The average Bonchev–Trinajstić information content (AvgIpc) is 3.09. The number of carbonyl (C=O) groups is 2. The number of rotatable bonds is 11. The smallest absolute Gasteiger partial charge is 0.270 e. The quantitative estimate of drug-likeness (QED) is 0.110. The first-order valence-corrected chi connectivity index (χ1v) is 14.5. The minimum atomic E-state index is -0.575. The largest absolute Gasteiger partial charge is 0.497 e. The summed E-state index contributed by atoms with van der Waals surface area (Å²) in [6.45, 7) is 0.180. The van der Waals surface area contributed by atoms with Gasteiger partial charge in [-0.2, -0.15) is 0 Å². The first kappa shape index (κ1) is 31.9. The number of anilines is 2. The summed E-state index contributed by atoms with van der Waals surface area (Å²) in [4.78, 5) is 30.6. The Morgan fingerprint density at radius 1 is 0.587 bits per heavy atom. The molecular weight excluding hydrogens is 608 g/mol. The molecule has 2 amide bonds. The van der Waals surface area contributed by atoms with Crippen LogP contribution in [0.1, 0.15) is 11.1 Å². The van der Waals surface area contributed by atoms with Crippen LogP contribution in [0.3, 0.4) is 0 Å². The highest BCUT2D eigenvalue weighted by molar-refractivity contribution is 7.81. The zero-order valence-corrected chi connectivity index (χ0v) is 26.8. The Hall–Kier alpha value is -5.55. The SMILES string of the molecule is COc1ccc(N2C(=O)C(=Cc3ccc(OCc4cc(OC)ccc4OC)c(OC)c3)C(=O)N(c3ccc(OC)cc3)C2=S)cc1. The number of hydrogen-bond donors (Lipinski definition) is 0. The average molecular weight is 641 g/mol. The van der Waals surface area contributed by atoms with Crippen LogP contribution in [-0.2, 0) is 16.2 Å². The van der Waals surface area contributed by atoms with Crippen LogP contribution in [0.4, 0.5) is 11.4 Å². The lowest BCUT2D eigenvalue weighted by molar-refractivity contribution is -0.120. The lowest BCUT2D eigenvalue weighted by Crippen LogP contribution is -2.56. The molecule has 0 saturated carbocycles. The van der Waals surface area contributed by atoms with E-state index in [2.05, 4.69) is 0 Å². The van der Waals surface area contributed by atoms with Gasteiger partial charge in [-0.1, -0.05) is 6.07 Å². The third-order valence-electron chi connectivity index (χ3n) is 7.28. The molecule has 46 heavy (non-hydrogen) atoms. The van der Waals surface area contributed by atoms with Gasteiger partial charge in [0.25, 0.3) is 11.8 Å². The molecule has 0 atom stereocenters. The number of benzene rings is 4. The van der Waals surface area contributed by atoms with Crippen LogP contribution >= 0.6 is 12.2 Å². The van der Waals surface area contributed by atoms with Crippen molar-refractivity contribution in [2.24, 2.45) is 0 Å². The molecule has 236 valence electrons. The predicted octanol–water partition coefficient (Wildman–Crippen LogP) is 6.06. The van der Waals surface area contributed by atoms with E-state index >= 15 is 0 Å². The number of nitrogens with zero attached hydrogens (tertiary/aromatic N) is 2. The second-order valence-electron chi connectivity index (χ2n) is 9.89. The van der Waals surface area contributed by atoms with Gasteiger partial charge in [-0.25, -0.2) is 0 Å². The zero-order chi connectivity index (χ0) is 32.8. The van der Waals surface area contributed by atoms with Gasteiger partial charge in [0.15, 0.2) is 16.6 Å². The molecule has 0 bridgehead atoms. The Balaban J connectivity index is 1.51. The van der Waals surface area contributed by atoms with Crippen molar-refractivity contribution >= 4 is 46.6 Å². The summed E-state index contributed by atoms with van der Waals surface area (Å²) in [5.74, 6) is 2.24. The van der Waals surface area contributed by atoms with E-state index in [0.717, 1.165) is 5.56 Å². The Kier molecular flexibility index (Phi) is 9.73. The van der Waals surface area contributed by atoms with Crippen LogP contribution in [0.15, 0.2) is 90.5 Å². The molecule has 1 heterocycles. The van der Waals surface area contributed by atoms with Gasteiger partial charge in [0.05, 0.1) is 46.9 Å². The van der Waals surface area contributed by atoms with Crippen LogP contribution < -0.4 is 38.2 Å². The van der Waals surface area contributed by atoms with E-state index in [-0.39, 0.29) is 17.3 Å². The van der Waals surface area contributed by atoms with Gasteiger partial charge >= 0.3 is 0 Å². The number of carbonyl (C=O) groups excluding carboxylic acids is 2. The maximum atomic E-state index is 14.0. The van der Waals surface area contributed by atoms with Gasteiger partial charge in [-0.3, -0.25) is 19.4 Å². The number of ether oxygens (including phenoxy) is 6. The van der Waals surface area contributed by atoms with E-state index in [9.17, 15) is 9.59 Å². The predicted molar refractivity (Wildman–Crippen MR) is 178 cm³/mol.